The van der Waals surface area contributed by atoms with Crippen LogP contribution in [0.5, 0.6) is 0 Å². The quantitative estimate of drug-likeness (QED) is 0.884. The van der Waals surface area contributed by atoms with Crippen LogP contribution in [0.15, 0.2) is 47.4 Å². The van der Waals surface area contributed by atoms with Crippen LogP contribution in [0.25, 0.3) is 0 Å². The first-order valence-corrected chi connectivity index (χ1v) is 8.80. The number of hydrogen-bond donors (Lipinski definition) is 2. The summed E-state index contributed by atoms with van der Waals surface area (Å²) < 4.78 is 27.8. The third-order valence-electron chi connectivity index (χ3n) is 3.63. The molecule has 0 aliphatic heterocycles. The summed E-state index contributed by atoms with van der Waals surface area (Å²) in [6.45, 7) is 3.84. The second kappa shape index (κ2) is 6.83. The van der Waals surface area contributed by atoms with Crippen molar-refractivity contribution in [3.05, 3.63) is 59.2 Å². The normalized spacial score (nSPS) is 11.1. The lowest BCUT2D eigenvalue weighted by atomic mass is 10.1. The maximum Gasteiger partial charge on any atom is 0.261 e. The molecule has 2 aromatic rings. The van der Waals surface area contributed by atoms with Crippen LogP contribution in [0.4, 0.5) is 5.69 Å². The molecule has 0 aromatic heterocycles. The first kappa shape index (κ1) is 17.0. The molecule has 0 spiro atoms. The number of nitrogens with one attached hydrogen (secondary N) is 2. The zero-order chi connectivity index (χ0) is 17.0. The molecule has 122 valence electrons. The SMILES string of the molecule is CCc1cccc(C)c1NS(=O)(=O)c1ccc(C(=O)NC)cc1. The van der Waals surface area contributed by atoms with Crippen molar-refractivity contribution < 1.29 is 13.2 Å². The van der Waals surface area contributed by atoms with E-state index in [4.69, 9.17) is 0 Å². The molecular formula is C17H20N2O3S. The zero-order valence-corrected chi connectivity index (χ0v) is 14.2. The van der Waals surface area contributed by atoms with Gasteiger partial charge in [-0.2, -0.15) is 0 Å². The van der Waals surface area contributed by atoms with Crippen LogP contribution in [-0.2, 0) is 16.4 Å². The third-order valence-corrected chi connectivity index (χ3v) is 5.00. The van der Waals surface area contributed by atoms with E-state index < -0.39 is 10.0 Å². The van der Waals surface area contributed by atoms with Gasteiger partial charge in [-0.1, -0.05) is 25.1 Å². The fourth-order valence-electron chi connectivity index (χ4n) is 2.29. The van der Waals surface area contributed by atoms with Gasteiger partial charge < -0.3 is 5.32 Å². The van der Waals surface area contributed by atoms with E-state index in [1.54, 1.807) is 0 Å². The largest absolute Gasteiger partial charge is 0.355 e. The third kappa shape index (κ3) is 3.71. The molecule has 2 rings (SSSR count). The van der Waals surface area contributed by atoms with Crippen molar-refractivity contribution >= 4 is 21.6 Å². The Morgan fingerprint density at radius 2 is 1.74 bits per heavy atom. The summed E-state index contributed by atoms with van der Waals surface area (Å²) in [5.41, 5.74) is 2.84. The predicted molar refractivity (Wildman–Crippen MR) is 91.2 cm³/mol. The second-order valence-corrected chi connectivity index (χ2v) is 6.85. The lowest BCUT2D eigenvalue weighted by Gasteiger charge is -2.14. The van der Waals surface area contributed by atoms with E-state index in [1.807, 2.05) is 32.0 Å². The predicted octanol–water partition coefficient (Wildman–Crippen LogP) is 2.72. The molecule has 23 heavy (non-hydrogen) atoms. The minimum absolute atomic E-state index is 0.121. The van der Waals surface area contributed by atoms with Crippen LogP contribution < -0.4 is 10.0 Å². The van der Waals surface area contributed by atoms with E-state index in [9.17, 15) is 13.2 Å². The van der Waals surface area contributed by atoms with E-state index >= 15 is 0 Å². The molecule has 0 unspecified atom stereocenters. The Labute approximate surface area is 136 Å². The number of benzene rings is 2. The lowest BCUT2D eigenvalue weighted by Crippen LogP contribution is -2.18. The molecule has 0 aliphatic rings. The van der Waals surface area contributed by atoms with Crippen molar-refractivity contribution in [1.82, 2.24) is 5.32 Å². The van der Waals surface area contributed by atoms with Crippen LogP contribution in [0.1, 0.15) is 28.4 Å². The summed E-state index contributed by atoms with van der Waals surface area (Å²) in [5.74, 6) is -0.255. The van der Waals surface area contributed by atoms with Crippen molar-refractivity contribution in [1.29, 1.82) is 0 Å². The molecule has 2 N–H and O–H groups in total. The van der Waals surface area contributed by atoms with E-state index in [2.05, 4.69) is 10.0 Å². The summed E-state index contributed by atoms with van der Waals surface area (Å²) in [5, 5.41) is 2.50. The number of amides is 1. The maximum atomic E-state index is 12.6. The highest BCUT2D eigenvalue weighted by molar-refractivity contribution is 7.92. The molecule has 2 aromatic carbocycles. The highest BCUT2D eigenvalue weighted by atomic mass is 32.2. The topological polar surface area (TPSA) is 75.3 Å². The van der Waals surface area contributed by atoms with Crippen molar-refractivity contribution in [2.45, 2.75) is 25.2 Å². The van der Waals surface area contributed by atoms with E-state index in [0.29, 0.717) is 11.3 Å². The molecule has 0 radical (unpaired) electrons. The molecule has 1 amide bonds. The maximum absolute atomic E-state index is 12.6. The molecule has 0 fully saturated rings. The Kier molecular flexibility index (Phi) is 5.05. The molecule has 0 atom stereocenters. The second-order valence-electron chi connectivity index (χ2n) is 5.17. The molecule has 6 heteroatoms. The van der Waals surface area contributed by atoms with Crippen molar-refractivity contribution in [3.63, 3.8) is 0 Å². The average molecular weight is 332 g/mol. The summed E-state index contributed by atoms with van der Waals surface area (Å²) >= 11 is 0. The van der Waals surface area contributed by atoms with Gasteiger partial charge in [-0.25, -0.2) is 8.42 Å². The van der Waals surface area contributed by atoms with Gasteiger partial charge in [0, 0.05) is 12.6 Å². The Morgan fingerprint density at radius 1 is 1.09 bits per heavy atom. The van der Waals surface area contributed by atoms with Gasteiger partial charge >= 0.3 is 0 Å². The average Bonchev–Trinajstić information content (AvgIpc) is 2.56. The first-order valence-electron chi connectivity index (χ1n) is 7.32. The van der Waals surface area contributed by atoms with Crippen LogP contribution in [0.3, 0.4) is 0 Å². The number of anilines is 1. The van der Waals surface area contributed by atoms with Crippen LogP contribution in [-0.4, -0.2) is 21.4 Å². The van der Waals surface area contributed by atoms with Gasteiger partial charge in [-0.15, -0.1) is 0 Å². The lowest BCUT2D eigenvalue weighted by molar-refractivity contribution is 0.0963. The number of carbonyl (C=O) groups excluding carboxylic acids is 1. The highest BCUT2D eigenvalue weighted by Crippen LogP contribution is 2.24. The molecule has 5 nitrogen and oxygen atoms in total. The Hall–Kier alpha value is -2.34. The number of aryl methyl sites for hydroxylation is 2. The highest BCUT2D eigenvalue weighted by Gasteiger charge is 2.17. The van der Waals surface area contributed by atoms with Gasteiger partial charge in [0.2, 0.25) is 0 Å². The Morgan fingerprint density at radius 3 is 2.30 bits per heavy atom. The van der Waals surface area contributed by atoms with Crippen molar-refractivity contribution in [2.24, 2.45) is 0 Å². The minimum Gasteiger partial charge on any atom is -0.355 e. The van der Waals surface area contributed by atoms with Crippen LogP contribution in [0, 0.1) is 6.92 Å². The monoisotopic (exact) mass is 332 g/mol. The summed E-state index contributed by atoms with van der Waals surface area (Å²) in [7, 11) is -2.17. The number of hydrogen-bond acceptors (Lipinski definition) is 3. The van der Waals surface area contributed by atoms with Gasteiger partial charge in [0.25, 0.3) is 15.9 Å². The Balaban J connectivity index is 2.35. The number of sulfonamides is 1. The number of carbonyl (C=O) groups is 1. The summed E-state index contributed by atoms with van der Waals surface area (Å²) in [6, 6.07) is 11.5. The number of rotatable bonds is 5. The van der Waals surface area contributed by atoms with E-state index in [-0.39, 0.29) is 10.8 Å². The van der Waals surface area contributed by atoms with Crippen LogP contribution >= 0.6 is 0 Å². The minimum atomic E-state index is -3.70. The van der Waals surface area contributed by atoms with Gasteiger partial charge in [-0.3, -0.25) is 9.52 Å². The number of para-hydroxylation sites is 1. The smallest absolute Gasteiger partial charge is 0.261 e. The molecule has 0 bridgehead atoms. The fraction of sp³-hybridized carbons (Fsp3) is 0.235. The standard InChI is InChI=1S/C17H20N2O3S/c1-4-13-7-5-6-12(2)16(13)19-23(21,22)15-10-8-14(9-11-15)17(20)18-3/h5-11,19H,4H2,1-3H3,(H,18,20). The van der Waals surface area contributed by atoms with Crippen LogP contribution in [0.2, 0.25) is 0 Å². The zero-order valence-electron chi connectivity index (χ0n) is 13.4. The van der Waals surface area contributed by atoms with Crippen molar-refractivity contribution in [3.8, 4) is 0 Å². The van der Waals surface area contributed by atoms with Crippen molar-refractivity contribution in [2.75, 3.05) is 11.8 Å². The van der Waals surface area contributed by atoms with E-state index in [0.717, 1.165) is 17.5 Å². The molecule has 0 aliphatic carbocycles. The summed E-state index contributed by atoms with van der Waals surface area (Å²) in [4.78, 5) is 11.6. The summed E-state index contributed by atoms with van der Waals surface area (Å²) in [6.07, 6.45) is 0.731. The first-order chi connectivity index (χ1) is 10.9. The molecule has 0 saturated carbocycles. The van der Waals surface area contributed by atoms with Gasteiger partial charge in [0.1, 0.15) is 0 Å². The van der Waals surface area contributed by atoms with Gasteiger partial charge in [-0.05, 0) is 48.7 Å². The van der Waals surface area contributed by atoms with E-state index in [1.165, 1.54) is 31.3 Å². The molecule has 0 heterocycles. The fourth-order valence-corrected chi connectivity index (χ4v) is 3.47. The Bertz CT molecular complexity index is 812. The van der Waals surface area contributed by atoms with Gasteiger partial charge in [0.05, 0.1) is 10.6 Å². The molecular weight excluding hydrogens is 312 g/mol. The van der Waals surface area contributed by atoms with Gasteiger partial charge in [0.15, 0.2) is 0 Å². The molecule has 0 saturated heterocycles.